The quantitative estimate of drug-likeness (QED) is 0.0116. The van der Waals surface area contributed by atoms with Gasteiger partial charge in [0.2, 0.25) is 106 Å². The minimum absolute atomic E-state index is 0.00782. The van der Waals surface area contributed by atoms with Crippen LogP contribution in [0.4, 0.5) is 0 Å². The van der Waals surface area contributed by atoms with Crippen molar-refractivity contribution in [1.82, 2.24) is 85.1 Å². The molecule has 51 nitrogen and oxygen atoms in total. The number of carboxylic acids is 1. The molecule has 0 aromatic rings. The van der Waals surface area contributed by atoms with E-state index in [0.717, 1.165) is 32.6 Å². The van der Waals surface area contributed by atoms with E-state index >= 15 is 0 Å². The van der Waals surface area contributed by atoms with E-state index in [2.05, 4.69) is 102 Å². The van der Waals surface area contributed by atoms with Gasteiger partial charge in [-0.2, -0.15) is 0 Å². The summed E-state index contributed by atoms with van der Waals surface area (Å²) in [5, 5.41) is 80.5. The summed E-state index contributed by atoms with van der Waals surface area (Å²) in [6.07, 6.45) is 9.39. The van der Waals surface area contributed by atoms with Gasteiger partial charge in [0, 0.05) is 45.6 Å². The van der Waals surface area contributed by atoms with Gasteiger partial charge in [-0.05, 0) is 122 Å². The zero-order valence-electron chi connectivity index (χ0n) is 82.8. The van der Waals surface area contributed by atoms with Gasteiger partial charge < -0.3 is 157 Å². The third kappa shape index (κ3) is 57.9. The number of nitrogens with zero attached hydrogens (tertiary/aromatic N) is 3. The van der Waals surface area contributed by atoms with E-state index in [9.17, 15) is 112 Å². The fraction of sp³-hybridized carbons (Fsp3) is 0.750. The number of aliphatic imine (C=N–C) groups is 3. The number of aliphatic hydroxyl groups excluding tert-OH is 3. The Morgan fingerprint density at radius 2 is 0.750 bits per heavy atom. The van der Waals surface area contributed by atoms with Crippen molar-refractivity contribution in [2.45, 2.75) is 334 Å². The van der Waals surface area contributed by atoms with Gasteiger partial charge in [0.1, 0.15) is 74.3 Å². The normalized spacial score (nSPS) is 14.6. The van der Waals surface area contributed by atoms with E-state index < -0.39 is 267 Å². The summed E-state index contributed by atoms with van der Waals surface area (Å²) < 4.78 is 0. The Balaban J connectivity index is 6.67. The molecular formula is C88H161BN28O23. The Labute approximate surface area is 819 Å². The predicted octanol–water partition coefficient (Wildman–Crippen LogP) is -7.85. The average molecular weight is 1990 g/mol. The molecular weight excluding hydrogens is 1830 g/mol. The minimum atomic E-state index is -1.97. The molecule has 0 fully saturated rings. The monoisotopic (exact) mass is 1990 g/mol. The van der Waals surface area contributed by atoms with Gasteiger partial charge in [-0.15, -0.1) is 0 Å². The van der Waals surface area contributed by atoms with Gasteiger partial charge in [0.25, 0.3) is 0 Å². The number of rotatable bonds is 77. The van der Waals surface area contributed by atoms with Crippen molar-refractivity contribution in [3.8, 4) is 0 Å². The molecule has 0 spiro atoms. The number of nitrogens with two attached hydrogens (primary N) is 9. The average Bonchev–Trinajstić information content (AvgIpc) is 0.851. The van der Waals surface area contributed by atoms with Crippen molar-refractivity contribution < 1.29 is 112 Å². The second-order valence-corrected chi connectivity index (χ2v) is 35.9. The zero-order valence-corrected chi connectivity index (χ0v) is 82.8. The number of aliphatic carboxylic acids is 1. The van der Waals surface area contributed by atoms with E-state index in [1.807, 2.05) is 5.32 Å². The second kappa shape index (κ2) is 72.0. The lowest BCUT2D eigenvalue weighted by Crippen LogP contribution is -2.60. The van der Waals surface area contributed by atoms with Crippen molar-refractivity contribution >= 4 is 138 Å². The van der Waals surface area contributed by atoms with E-state index in [-0.39, 0.29) is 127 Å². The summed E-state index contributed by atoms with van der Waals surface area (Å²) in [5.41, 5.74) is 49.3. The molecule has 0 aromatic carbocycles. The van der Waals surface area contributed by atoms with Crippen molar-refractivity contribution in [2.24, 2.45) is 96.2 Å². The number of carboxylic acid groups (broad SMARTS) is 1. The summed E-state index contributed by atoms with van der Waals surface area (Å²) in [7, 11) is 5.86. The van der Waals surface area contributed by atoms with Gasteiger partial charge >= 0.3 is 5.97 Å². The molecule has 16 atom stereocenters. The molecule has 38 N–H and O–H groups in total. The van der Waals surface area contributed by atoms with Crippen LogP contribution in [-0.2, 0) is 91.1 Å². The lowest BCUT2D eigenvalue weighted by Gasteiger charge is -2.29. The summed E-state index contributed by atoms with van der Waals surface area (Å²) in [6.45, 7) is 12.4. The molecule has 18 amide bonds. The number of unbranched alkanes of at least 4 members (excludes halogenated alkanes) is 13. The number of hydrogen-bond donors (Lipinski definition) is 29. The number of carbonyl (C=O) groups is 19. The van der Waals surface area contributed by atoms with Gasteiger partial charge in [-0.1, -0.05) is 132 Å². The summed E-state index contributed by atoms with van der Waals surface area (Å²) >= 11 is 0. The number of carbonyl (C=O) groups excluding carboxylic acids is 18. The highest BCUT2D eigenvalue weighted by Crippen LogP contribution is 2.18. The molecule has 0 saturated heterocycles. The van der Waals surface area contributed by atoms with Gasteiger partial charge in [-0.3, -0.25) is 106 Å². The molecule has 794 valence electrons. The number of hydrogen-bond acceptors (Lipinski definition) is 26. The number of aliphatic hydroxyl groups is 3. The Kier molecular flexibility index (Phi) is 65.6. The third-order valence-corrected chi connectivity index (χ3v) is 21.9. The maximum Gasteiger partial charge on any atom is 0.303 e. The van der Waals surface area contributed by atoms with E-state index in [0.29, 0.717) is 12.8 Å². The van der Waals surface area contributed by atoms with Gasteiger partial charge in [-0.25, -0.2) is 0 Å². The maximum atomic E-state index is 14.6. The van der Waals surface area contributed by atoms with Gasteiger partial charge in [0.15, 0.2) is 17.9 Å². The topological polar surface area (TPSA) is 869 Å². The van der Waals surface area contributed by atoms with E-state index in [1.54, 1.807) is 41.5 Å². The predicted molar refractivity (Wildman–Crippen MR) is 521 cm³/mol. The summed E-state index contributed by atoms with van der Waals surface area (Å²) in [5.74, 6) is -26.0. The lowest BCUT2D eigenvalue weighted by atomic mass is 9.94. The molecule has 0 aromatic heterocycles. The van der Waals surface area contributed by atoms with Crippen LogP contribution >= 0.6 is 0 Å². The maximum absolute atomic E-state index is 14.6. The van der Waals surface area contributed by atoms with Crippen molar-refractivity contribution in [1.29, 1.82) is 0 Å². The Morgan fingerprint density at radius 3 is 1.21 bits per heavy atom. The zero-order chi connectivity index (χ0) is 106. The van der Waals surface area contributed by atoms with Crippen LogP contribution < -0.4 is 137 Å². The first-order valence-corrected chi connectivity index (χ1v) is 48.0. The first-order valence-electron chi connectivity index (χ1n) is 48.0. The fourth-order valence-corrected chi connectivity index (χ4v) is 14.1. The number of primary amides is 2. The van der Waals surface area contributed by atoms with Gasteiger partial charge in [0.05, 0.1) is 56.1 Å². The molecule has 0 saturated carbocycles. The largest absolute Gasteiger partial charge is 0.481 e. The number of amides is 18. The Bertz CT molecular complexity index is 4020. The number of guanidine groups is 3. The highest BCUT2D eigenvalue weighted by atomic mass is 16.4. The second-order valence-electron chi connectivity index (χ2n) is 35.9. The van der Waals surface area contributed by atoms with Crippen LogP contribution in [0.5, 0.6) is 0 Å². The standard InChI is InChI=1S/C88H161BN28O23/c1-11-12-13-14-15-16-17-18-19-20-21-22-23-33-65(122)109-63(47-118)77(132)104-45-67(124)108-57(31-27-38-100-87(95)96)79(134)115-69(50(6)7)84(139)114-60(40-48(2)3)80(135)106-51(8)73(128)116-70(53(10)120)83(138)102-43-54(29-24-25-36-90)74(129)112-61(41-49(4)5)81(136)110-58(32-28-39-101-88(97)98)78(133)111-59(34-35-68(125)126)76(131)103-44-55(52(9)119)75(130)113-62(42-64(91)121)82(137)117-71(89)85(140)105-46-66(123)107-56(72(92)127)30-26-37-99-86(93)94/h48-63,69-71,118-120H,11-47,90H2,1-10H3,(H2,91,121)(H2,92,127)(H,102,138)(H,103,131)(H,104,132)(H,105,140)(H,106,135)(H,107,123)(H,108,124)(H,109,122)(H,110,136)(H,111,133)(H,112,129)(H,113,130)(H,114,139)(H,115,134)(H,116,128)(H,117,137)(H,125,126)(H4,93,94,99)(H4,95,96,100)(H4,97,98,101). The molecule has 0 aliphatic rings. The first-order chi connectivity index (χ1) is 65.9. The van der Waals surface area contributed by atoms with Crippen LogP contribution in [0, 0.1) is 29.6 Å². The van der Waals surface area contributed by atoms with Crippen LogP contribution in [-0.4, -0.2) is 302 Å². The van der Waals surface area contributed by atoms with Crippen molar-refractivity contribution in [3.05, 3.63) is 0 Å². The molecule has 16 unspecified atom stereocenters. The molecule has 0 aliphatic heterocycles. The van der Waals surface area contributed by atoms with Crippen LogP contribution in [0.1, 0.15) is 249 Å². The van der Waals surface area contributed by atoms with Crippen LogP contribution in [0.25, 0.3) is 0 Å². The van der Waals surface area contributed by atoms with Crippen molar-refractivity contribution in [3.63, 3.8) is 0 Å². The molecule has 0 aliphatic carbocycles. The molecule has 140 heavy (non-hydrogen) atoms. The summed E-state index contributed by atoms with van der Waals surface area (Å²) in [4.78, 5) is 269. The highest BCUT2D eigenvalue weighted by molar-refractivity contribution is 6.25. The Hall–Kier alpha value is -12.4. The SMILES string of the molecule is [B]C(NC(=O)C(CC(N)=O)NC(=O)C(CNC(=O)C(CCC(=O)O)NC(=O)C(CCCN=C(N)N)NC(=O)C(CC(C)C)NC(=O)C(CCCCN)CNC(=O)C(NC(=O)C(C)NC(=O)C(CC(C)C)NC(=O)C(NC(=O)C(CCCN=C(N)N)NC(=O)CNC(=O)C(CO)NC(=O)CCCCCCCCCCCCCCC)C(C)C)C(C)O)C(C)O)C(=O)NCC(=O)NC(CCCN=C(N)N)C(N)=O. The smallest absolute Gasteiger partial charge is 0.303 e. The molecule has 0 heterocycles. The van der Waals surface area contributed by atoms with Crippen LogP contribution in [0.2, 0.25) is 0 Å². The molecule has 52 heteroatoms. The van der Waals surface area contributed by atoms with Crippen molar-refractivity contribution in [2.75, 3.05) is 59.0 Å². The third-order valence-electron chi connectivity index (χ3n) is 21.9. The highest BCUT2D eigenvalue weighted by Gasteiger charge is 2.39. The number of nitrogens with one attached hydrogen (secondary N) is 16. The molecule has 0 rings (SSSR count). The van der Waals surface area contributed by atoms with Crippen LogP contribution in [0.15, 0.2) is 15.0 Å². The van der Waals surface area contributed by atoms with Crippen LogP contribution in [0.3, 0.4) is 0 Å². The summed E-state index contributed by atoms with van der Waals surface area (Å²) in [6, 6.07) is -16.7. The lowest BCUT2D eigenvalue weighted by molar-refractivity contribution is -0.138. The fourth-order valence-electron chi connectivity index (χ4n) is 14.1. The first kappa shape index (κ1) is 128. The molecule has 2 radical (unpaired) electrons. The Morgan fingerprint density at radius 1 is 0.343 bits per heavy atom. The molecule has 0 bridgehead atoms. The minimum Gasteiger partial charge on any atom is -0.481 e. The van der Waals surface area contributed by atoms with E-state index in [4.69, 9.17) is 59.4 Å². The van der Waals surface area contributed by atoms with E-state index in [1.165, 1.54) is 65.2 Å².